The van der Waals surface area contributed by atoms with E-state index in [0.29, 0.717) is 11.4 Å². The van der Waals surface area contributed by atoms with Gasteiger partial charge in [0.1, 0.15) is 0 Å². The Balaban J connectivity index is 0.00000361. The maximum absolute atomic E-state index is 13.0. The Labute approximate surface area is 249 Å². The smallest absolute Gasteiger partial charge is 0.282 e. The van der Waals surface area contributed by atoms with Crippen molar-refractivity contribution in [2.75, 3.05) is 10.0 Å². The van der Waals surface area contributed by atoms with Crippen molar-refractivity contribution in [2.45, 2.75) is 23.6 Å². The molecule has 2 N–H and O–H groups in total. The molecule has 0 bridgehead atoms. The molecule has 1 unspecified atom stereocenters. The van der Waals surface area contributed by atoms with E-state index in [1.165, 1.54) is 30.3 Å². The maximum atomic E-state index is 13.0. The molecular weight excluding hydrogens is 539 g/mol. The van der Waals surface area contributed by atoms with Crippen LogP contribution >= 0.6 is 0 Å². The van der Waals surface area contributed by atoms with E-state index in [1.807, 2.05) is 0 Å². The van der Waals surface area contributed by atoms with Gasteiger partial charge < -0.3 is 0 Å². The molecule has 1 radical (unpaired) electrons. The Morgan fingerprint density at radius 1 is 0.778 bits per heavy atom. The summed E-state index contributed by atoms with van der Waals surface area (Å²) in [5, 5.41) is 10.5. The van der Waals surface area contributed by atoms with Crippen LogP contribution in [-0.4, -0.2) is 101 Å². The second-order valence-corrected chi connectivity index (χ2v) is 10.5. The normalized spacial score (nSPS) is 19.4. The predicted molar refractivity (Wildman–Crippen MR) is 131 cm³/mol. The molecule has 12 nitrogen and oxygen atoms in total. The molecule has 0 spiro atoms. The number of amides is 2. The predicted octanol–water partition coefficient (Wildman–Crippen LogP) is 1.49. The molecule has 2 aliphatic rings. The fourth-order valence-corrected chi connectivity index (χ4v) is 4.49. The van der Waals surface area contributed by atoms with E-state index in [4.69, 9.17) is 9.11 Å². The van der Waals surface area contributed by atoms with Crippen molar-refractivity contribution >= 4 is 106 Å². The molecule has 2 heterocycles. The average Bonchev–Trinajstić information content (AvgIpc) is 3.23. The molecule has 36 heavy (non-hydrogen) atoms. The van der Waals surface area contributed by atoms with Crippen molar-refractivity contribution in [1.82, 2.24) is 0 Å². The average molecular weight is 558 g/mol. The summed E-state index contributed by atoms with van der Waals surface area (Å²) in [5.74, 6) is -1.91. The quantitative estimate of drug-likeness (QED) is 0.316. The molecule has 0 saturated heterocycles. The third-order valence-corrected chi connectivity index (χ3v) is 7.07. The third kappa shape index (κ3) is 5.58. The van der Waals surface area contributed by atoms with E-state index >= 15 is 0 Å². The van der Waals surface area contributed by atoms with Crippen LogP contribution in [0, 0.1) is 5.92 Å². The zero-order chi connectivity index (χ0) is 25.7. The van der Waals surface area contributed by atoms with Crippen LogP contribution in [-0.2, 0) is 29.8 Å². The van der Waals surface area contributed by atoms with Gasteiger partial charge in [0.25, 0.3) is 32.1 Å². The summed E-state index contributed by atoms with van der Waals surface area (Å²) in [6, 6.07) is 9.80. The van der Waals surface area contributed by atoms with Crippen LogP contribution < -0.4 is 10.0 Å². The van der Waals surface area contributed by atoms with E-state index in [2.05, 4.69) is 10.2 Å². The number of carbonyl (C=O) groups excluding carboxylic acids is 2. The minimum atomic E-state index is -4.39. The molecule has 15 heteroatoms. The Hall–Kier alpha value is -2.08. The summed E-state index contributed by atoms with van der Waals surface area (Å²) in [5.41, 5.74) is 1.39. The van der Waals surface area contributed by atoms with Crippen molar-refractivity contribution < 1.29 is 35.5 Å². The number of nitrogens with zero attached hydrogens (tertiary/aromatic N) is 4. The fraction of sp³-hybridized carbons (Fsp3) is 0.143. The van der Waals surface area contributed by atoms with Crippen molar-refractivity contribution in [3.05, 3.63) is 60.2 Å². The summed E-state index contributed by atoms with van der Waals surface area (Å²) in [6.45, 7) is 3.18. The molecule has 4 rings (SSSR count). The molecule has 183 valence electrons. The molecule has 2 aliphatic heterocycles. The third-order valence-electron chi connectivity index (χ3n) is 5.34. The molecule has 2 aromatic rings. The number of hydrogen-bond acceptors (Lipinski definition) is 8. The summed E-state index contributed by atoms with van der Waals surface area (Å²) < 4.78 is 63.2. The van der Waals surface area contributed by atoms with Gasteiger partial charge in [-0.25, -0.2) is 0 Å². The van der Waals surface area contributed by atoms with Gasteiger partial charge in [0, 0.05) is 51.4 Å². The Morgan fingerprint density at radius 2 is 1.22 bits per heavy atom. The van der Waals surface area contributed by atoms with Gasteiger partial charge in [-0.3, -0.25) is 18.7 Å². The second kappa shape index (κ2) is 10.4. The van der Waals surface area contributed by atoms with Crippen LogP contribution in [0.25, 0.3) is 0 Å². The maximum Gasteiger partial charge on any atom is 0.294 e. The van der Waals surface area contributed by atoms with Crippen molar-refractivity contribution in [3.8, 4) is 0 Å². The monoisotopic (exact) mass is 557 g/mol. The number of benzene rings is 2. The number of rotatable bonds is 5. The second-order valence-electron chi connectivity index (χ2n) is 7.69. The molecule has 0 aromatic heterocycles. The first kappa shape index (κ1) is 28.5. The molecular formula is C21H18KN4O8S2. The largest absolute Gasteiger partial charge is 0.294 e. The summed E-state index contributed by atoms with van der Waals surface area (Å²) in [4.78, 5) is 25.4. The van der Waals surface area contributed by atoms with Gasteiger partial charge in [-0.2, -0.15) is 37.1 Å². The first-order valence-electron chi connectivity index (χ1n) is 9.93. The van der Waals surface area contributed by atoms with Crippen molar-refractivity contribution in [1.29, 1.82) is 0 Å². The van der Waals surface area contributed by atoms with Crippen molar-refractivity contribution in [2.24, 2.45) is 16.1 Å². The first-order valence-corrected chi connectivity index (χ1v) is 12.8. The Morgan fingerprint density at radius 3 is 1.67 bits per heavy atom. The molecule has 0 fully saturated rings. The van der Waals surface area contributed by atoms with Gasteiger partial charge in [-0.1, -0.05) is 6.08 Å². The molecule has 1 atom stereocenters. The van der Waals surface area contributed by atoms with E-state index in [9.17, 15) is 26.4 Å². The standard InChI is InChI=1S/C21H18N4O8S2.K/c1-12-18(20(26)24(22-12)14-3-7-16(8-4-14)34(28,29)30)11-19-13(2)23-25(21(19)27)15-5-9-17(10-6-15)35(31,32)33;/h3-11,18H,1-2H3,(H,28,29,30)(H,31,32,33);/b19-11-;. The molecule has 2 aromatic carbocycles. The van der Waals surface area contributed by atoms with Crippen LogP contribution in [0.5, 0.6) is 0 Å². The zero-order valence-electron chi connectivity index (χ0n) is 19.2. The van der Waals surface area contributed by atoms with Gasteiger partial charge in [0.15, 0.2) is 0 Å². The van der Waals surface area contributed by atoms with Crippen LogP contribution in [0.15, 0.2) is 80.2 Å². The van der Waals surface area contributed by atoms with Gasteiger partial charge in [0.05, 0.1) is 44.1 Å². The zero-order valence-corrected chi connectivity index (χ0v) is 24.0. The Kier molecular flexibility index (Phi) is 8.19. The summed E-state index contributed by atoms with van der Waals surface area (Å²) >= 11 is 0. The Bertz CT molecular complexity index is 1550. The topological polar surface area (TPSA) is 174 Å². The van der Waals surface area contributed by atoms with Gasteiger partial charge in [0.2, 0.25) is 0 Å². The van der Waals surface area contributed by atoms with E-state index < -0.39 is 38.0 Å². The number of anilines is 2. The number of hydrogen-bond donors (Lipinski definition) is 2. The molecule has 2 amide bonds. The van der Waals surface area contributed by atoms with Gasteiger partial charge in [-0.05, 0) is 62.4 Å². The SMILES string of the molecule is CC1=NN(c2ccc(S(=O)(=O)O)cc2)C(=O)/C1=C\C1C(=O)N(c2ccc(S(=O)(=O)O)cc2)N=C1C.[K]. The van der Waals surface area contributed by atoms with Crippen LogP contribution in [0.3, 0.4) is 0 Å². The summed E-state index contributed by atoms with van der Waals surface area (Å²) in [7, 11) is -8.78. The minimum Gasteiger partial charge on any atom is -0.282 e. The minimum absolute atomic E-state index is 0. The number of carbonyl (C=O) groups is 2. The first-order chi connectivity index (χ1) is 16.3. The van der Waals surface area contributed by atoms with Crippen molar-refractivity contribution in [3.63, 3.8) is 0 Å². The molecule has 0 saturated carbocycles. The van der Waals surface area contributed by atoms with E-state index in [-0.39, 0.29) is 78.1 Å². The number of hydrazone groups is 2. The van der Waals surface area contributed by atoms with Crippen LogP contribution in [0.4, 0.5) is 11.4 Å². The fourth-order valence-electron chi connectivity index (χ4n) is 3.53. The van der Waals surface area contributed by atoms with Crippen LogP contribution in [0.1, 0.15) is 13.8 Å². The van der Waals surface area contributed by atoms with Gasteiger partial charge in [-0.15, -0.1) is 0 Å². The van der Waals surface area contributed by atoms with E-state index in [0.717, 1.165) is 34.3 Å². The van der Waals surface area contributed by atoms with E-state index in [1.54, 1.807) is 13.8 Å². The summed E-state index contributed by atoms with van der Waals surface area (Å²) in [6.07, 6.45) is 1.43. The van der Waals surface area contributed by atoms with Crippen LogP contribution in [0.2, 0.25) is 0 Å². The van der Waals surface area contributed by atoms with Gasteiger partial charge >= 0.3 is 0 Å². The molecule has 0 aliphatic carbocycles.